The number of H-pyrrole nitrogens is 1. The van der Waals surface area contributed by atoms with Crippen molar-refractivity contribution in [3.05, 3.63) is 70.1 Å². The lowest BCUT2D eigenvalue weighted by atomic mass is 10.2. The highest BCUT2D eigenvalue weighted by Gasteiger charge is 2.29. The van der Waals surface area contributed by atoms with E-state index in [0.717, 1.165) is 17.3 Å². The zero-order valence-corrected chi connectivity index (χ0v) is 15.9. The first-order valence-corrected chi connectivity index (χ1v) is 9.24. The van der Waals surface area contributed by atoms with Gasteiger partial charge in [0.1, 0.15) is 0 Å². The molecule has 3 rings (SSSR count). The molecule has 1 amide bonds. The van der Waals surface area contributed by atoms with E-state index >= 15 is 0 Å². The van der Waals surface area contributed by atoms with Crippen molar-refractivity contribution in [2.75, 3.05) is 5.32 Å². The number of aromatic amines is 1. The molecule has 1 atom stereocenters. The molecule has 0 saturated heterocycles. The molecule has 28 heavy (non-hydrogen) atoms. The number of carbonyl (C=O) groups is 2. The predicted molar refractivity (Wildman–Crippen MR) is 103 cm³/mol. The third-order valence-electron chi connectivity index (χ3n) is 3.93. The first-order chi connectivity index (χ1) is 13.3. The van der Waals surface area contributed by atoms with Gasteiger partial charge in [0.2, 0.25) is 11.6 Å². The van der Waals surface area contributed by atoms with Crippen molar-refractivity contribution in [3.8, 4) is 5.69 Å². The summed E-state index contributed by atoms with van der Waals surface area (Å²) in [7, 11) is 0. The van der Waals surface area contributed by atoms with Crippen molar-refractivity contribution in [3.63, 3.8) is 0 Å². The van der Waals surface area contributed by atoms with Crippen LogP contribution in [0.4, 0.5) is 5.69 Å². The van der Waals surface area contributed by atoms with Crippen LogP contribution in [0, 0.1) is 6.92 Å². The summed E-state index contributed by atoms with van der Waals surface area (Å²) in [4.78, 5) is 35.6. The van der Waals surface area contributed by atoms with Gasteiger partial charge < -0.3 is 10.4 Å². The summed E-state index contributed by atoms with van der Waals surface area (Å²) in [6, 6.07) is 13.4. The summed E-state index contributed by atoms with van der Waals surface area (Å²) in [5.74, 6) is -1.45. The van der Waals surface area contributed by atoms with Crippen molar-refractivity contribution < 1.29 is 23.9 Å². The van der Waals surface area contributed by atoms with E-state index in [2.05, 4.69) is 10.6 Å². The monoisotopic (exact) mass is 400 g/mol. The van der Waals surface area contributed by atoms with E-state index in [-0.39, 0.29) is 16.5 Å². The molecule has 1 unspecified atom stereocenters. The average Bonchev–Trinajstić information content (AvgIpc) is 3.03. The third-order valence-corrected chi connectivity index (χ3v) is 5.07. The number of rotatable bonds is 6. The summed E-state index contributed by atoms with van der Waals surface area (Å²) in [5, 5.41) is 13.8. The first-order valence-electron chi connectivity index (χ1n) is 8.36. The molecule has 0 bridgehead atoms. The van der Waals surface area contributed by atoms with Gasteiger partial charge in [0.15, 0.2) is 0 Å². The number of benzene rings is 2. The standard InChI is InChI=1S/C19H17N3O5S/c1-11-6-8-15(9-7-11)22-17(19(26)27-21-22)28-12(2)16(23)20-14-5-3-4-13(10-14)18(24)25/h3-10,12H,1-2H3,(H2-,20,21,23,24,25,26)/p+1. The molecule has 9 heteroatoms. The molecule has 3 aromatic rings. The van der Waals surface area contributed by atoms with Gasteiger partial charge in [0.25, 0.3) is 0 Å². The Morgan fingerprint density at radius 2 is 1.93 bits per heavy atom. The Hall–Kier alpha value is -3.33. The number of aromatic nitrogens is 2. The Morgan fingerprint density at radius 3 is 2.61 bits per heavy atom. The topological polar surface area (TPSA) is 116 Å². The zero-order valence-electron chi connectivity index (χ0n) is 15.1. The maximum absolute atomic E-state index is 12.5. The van der Waals surface area contributed by atoms with E-state index in [9.17, 15) is 14.4 Å². The summed E-state index contributed by atoms with van der Waals surface area (Å²) in [5.41, 5.74) is 1.62. The predicted octanol–water partition coefficient (Wildman–Crippen LogP) is 2.37. The molecule has 0 aliphatic carbocycles. The van der Waals surface area contributed by atoms with Crippen LogP contribution in [0.2, 0.25) is 0 Å². The number of carbonyl (C=O) groups excluding carboxylic acids is 1. The summed E-state index contributed by atoms with van der Waals surface area (Å²) in [6.45, 7) is 3.60. The van der Waals surface area contributed by atoms with Crippen LogP contribution in [0.5, 0.6) is 0 Å². The number of carboxylic acid groups (broad SMARTS) is 1. The van der Waals surface area contributed by atoms with Crippen LogP contribution in [0.25, 0.3) is 5.69 Å². The van der Waals surface area contributed by atoms with Gasteiger partial charge in [-0.2, -0.15) is 0 Å². The van der Waals surface area contributed by atoms with Gasteiger partial charge in [-0.1, -0.05) is 23.8 Å². The Morgan fingerprint density at radius 1 is 1.21 bits per heavy atom. The quantitative estimate of drug-likeness (QED) is 0.432. The fourth-order valence-electron chi connectivity index (χ4n) is 2.42. The van der Waals surface area contributed by atoms with Crippen molar-refractivity contribution in [1.82, 2.24) is 5.27 Å². The normalized spacial score (nSPS) is 11.8. The summed E-state index contributed by atoms with van der Waals surface area (Å²) < 4.78 is 6.36. The molecule has 0 saturated carbocycles. The number of amides is 1. The second kappa shape index (κ2) is 8.13. The minimum Gasteiger partial charge on any atom is -0.478 e. The molecule has 0 aliphatic heterocycles. The Balaban J connectivity index is 1.77. The Labute approximate surface area is 164 Å². The van der Waals surface area contributed by atoms with Gasteiger partial charge in [0, 0.05) is 17.8 Å². The molecule has 0 aliphatic rings. The lowest BCUT2D eigenvalue weighted by Gasteiger charge is -2.10. The zero-order chi connectivity index (χ0) is 20.3. The van der Waals surface area contributed by atoms with Gasteiger partial charge >= 0.3 is 16.6 Å². The maximum atomic E-state index is 12.5. The second-order valence-corrected chi connectivity index (χ2v) is 7.42. The lowest BCUT2D eigenvalue weighted by Crippen LogP contribution is -2.37. The largest absolute Gasteiger partial charge is 0.478 e. The molecular formula is C19H18N3O5S+. The number of nitrogens with zero attached hydrogens (tertiary/aromatic N) is 1. The molecule has 1 aromatic heterocycles. The SMILES string of the molecule is Cc1ccc(-[n+]2[nH]oc(=O)c2SC(C)C(=O)Nc2cccc(C(=O)O)c2)cc1. The van der Waals surface area contributed by atoms with Crippen LogP contribution in [0.3, 0.4) is 0 Å². The minimum atomic E-state index is -1.08. The van der Waals surface area contributed by atoms with E-state index in [1.165, 1.54) is 16.8 Å². The first kappa shape index (κ1) is 19.4. The van der Waals surface area contributed by atoms with Crippen molar-refractivity contribution in [2.45, 2.75) is 24.1 Å². The molecule has 144 valence electrons. The van der Waals surface area contributed by atoms with E-state index < -0.39 is 16.8 Å². The third kappa shape index (κ3) is 4.32. The molecule has 0 radical (unpaired) electrons. The number of hydrogen-bond acceptors (Lipinski definition) is 5. The number of anilines is 1. The highest BCUT2D eigenvalue weighted by Crippen LogP contribution is 2.20. The summed E-state index contributed by atoms with van der Waals surface area (Å²) in [6.07, 6.45) is 0. The highest BCUT2D eigenvalue weighted by molar-refractivity contribution is 8.00. The van der Waals surface area contributed by atoms with Crippen LogP contribution in [0.1, 0.15) is 22.8 Å². The molecular weight excluding hydrogens is 382 g/mol. The molecule has 2 aromatic carbocycles. The number of hydrogen-bond donors (Lipinski definition) is 3. The van der Waals surface area contributed by atoms with E-state index in [1.54, 1.807) is 19.1 Å². The fraction of sp³-hybridized carbons (Fsp3) is 0.158. The lowest BCUT2D eigenvalue weighted by molar-refractivity contribution is -0.704. The van der Waals surface area contributed by atoms with E-state index in [1.807, 2.05) is 31.2 Å². The molecule has 1 heterocycles. The van der Waals surface area contributed by atoms with Gasteiger partial charge in [-0.05, 0) is 53.8 Å². The van der Waals surface area contributed by atoms with Crippen molar-refractivity contribution >= 4 is 29.3 Å². The number of thioether (sulfide) groups is 1. The maximum Gasteiger partial charge on any atom is 0.442 e. The van der Waals surface area contributed by atoms with Crippen molar-refractivity contribution in [2.24, 2.45) is 0 Å². The number of carboxylic acids is 1. The van der Waals surface area contributed by atoms with Gasteiger partial charge in [0.05, 0.1) is 10.8 Å². The number of aryl methyl sites for hydroxylation is 1. The van der Waals surface area contributed by atoms with Crippen LogP contribution in [0.15, 0.2) is 62.9 Å². The molecule has 0 fully saturated rings. The Bertz CT molecular complexity index is 1070. The van der Waals surface area contributed by atoms with Crippen LogP contribution < -0.4 is 15.6 Å². The van der Waals surface area contributed by atoms with Gasteiger partial charge in [-0.15, -0.1) is 0 Å². The number of nitrogens with one attached hydrogen (secondary N) is 2. The molecule has 3 N–H and O–H groups in total. The summed E-state index contributed by atoms with van der Waals surface area (Å²) >= 11 is 1.04. The van der Waals surface area contributed by atoms with E-state index in [4.69, 9.17) is 9.63 Å². The van der Waals surface area contributed by atoms with Crippen LogP contribution in [-0.2, 0) is 4.79 Å². The van der Waals surface area contributed by atoms with Gasteiger partial charge in [-0.3, -0.25) is 9.32 Å². The van der Waals surface area contributed by atoms with E-state index in [0.29, 0.717) is 11.4 Å². The number of aromatic carboxylic acids is 1. The highest BCUT2D eigenvalue weighted by atomic mass is 32.2. The van der Waals surface area contributed by atoms with Gasteiger partial charge in [-0.25, -0.2) is 9.59 Å². The van der Waals surface area contributed by atoms with Crippen LogP contribution in [-0.4, -0.2) is 27.5 Å². The second-order valence-electron chi connectivity index (χ2n) is 6.09. The van der Waals surface area contributed by atoms with Crippen molar-refractivity contribution in [1.29, 1.82) is 0 Å². The Kier molecular flexibility index (Phi) is 5.65. The molecule has 0 spiro atoms. The minimum absolute atomic E-state index is 0.0709. The van der Waals surface area contributed by atoms with Crippen LogP contribution >= 0.6 is 11.8 Å². The smallest absolute Gasteiger partial charge is 0.442 e. The fourth-order valence-corrected chi connectivity index (χ4v) is 3.31. The molecule has 8 nitrogen and oxygen atoms in total. The average molecular weight is 400 g/mol.